The van der Waals surface area contributed by atoms with Crippen molar-refractivity contribution in [3.8, 4) is 0 Å². The molecule has 134 valence electrons. The number of benzene rings is 1. The molecule has 1 atom stereocenters. The largest absolute Gasteiger partial charge is 0.387 e. The quantitative estimate of drug-likeness (QED) is 0.776. The lowest BCUT2D eigenvalue weighted by molar-refractivity contribution is 0.0894. The highest BCUT2D eigenvalue weighted by molar-refractivity contribution is 5.74. The maximum Gasteiger partial charge on any atom is 0.315 e. The molecule has 1 unspecified atom stereocenters. The number of β-amino-alcohol motifs (C(OH)–C–C–N with tert-alkyl or cyclic N) is 1. The number of aliphatic hydroxyl groups excluding tert-OH is 1. The lowest BCUT2D eigenvalue weighted by Crippen LogP contribution is -2.48. The van der Waals surface area contributed by atoms with Crippen LogP contribution in [0.4, 0.5) is 4.79 Å². The third kappa shape index (κ3) is 6.49. The number of amides is 2. The van der Waals surface area contributed by atoms with Crippen molar-refractivity contribution in [2.45, 2.75) is 45.3 Å². The smallest absolute Gasteiger partial charge is 0.315 e. The van der Waals surface area contributed by atoms with Crippen molar-refractivity contribution in [1.29, 1.82) is 0 Å². The Kier molecular flexibility index (Phi) is 6.63. The zero-order valence-corrected chi connectivity index (χ0v) is 15.1. The molecule has 0 aromatic heterocycles. The fraction of sp³-hybridized carbons (Fsp3) is 0.632. The zero-order chi connectivity index (χ0) is 17.6. The molecule has 24 heavy (non-hydrogen) atoms. The average molecular weight is 333 g/mol. The fourth-order valence-electron chi connectivity index (χ4n) is 3.02. The van der Waals surface area contributed by atoms with Crippen molar-refractivity contribution in [3.05, 3.63) is 35.9 Å². The third-order valence-electron chi connectivity index (χ3n) is 4.36. The Labute approximate surface area is 145 Å². The first kappa shape index (κ1) is 18.7. The Morgan fingerprint density at radius 3 is 2.46 bits per heavy atom. The molecule has 1 aliphatic heterocycles. The molecule has 3 N–H and O–H groups in total. The van der Waals surface area contributed by atoms with Gasteiger partial charge in [0.05, 0.1) is 6.10 Å². The van der Waals surface area contributed by atoms with Crippen LogP contribution in [0.25, 0.3) is 0 Å². The third-order valence-corrected chi connectivity index (χ3v) is 4.36. The molecule has 1 fully saturated rings. The molecule has 1 aromatic carbocycles. The molecule has 5 heteroatoms. The zero-order valence-electron chi connectivity index (χ0n) is 15.1. The molecule has 2 amide bonds. The summed E-state index contributed by atoms with van der Waals surface area (Å²) < 4.78 is 0. The summed E-state index contributed by atoms with van der Waals surface area (Å²) in [6.07, 6.45) is 1.67. The Hall–Kier alpha value is -1.59. The number of hydrogen-bond acceptors (Lipinski definition) is 3. The second-order valence-corrected chi connectivity index (χ2v) is 7.76. The average Bonchev–Trinajstić information content (AvgIpc) is 2.53. The van der Waals surface area contributed by atoms with Crippen LogP contribution in [0, 0.1) is 5.92 Å². The van der Waals surface area contributed by atoms with E-state index in [4.69, 9.17) is 0 Å². The Balaban J connectivity index is 1.67. The molecule has 5 nitrogen and oxygen atoms in total. The summed E-state index contributed by atoms with van der Waals surface area (Å²) in [5.41, 5.74) is 0.765. The van der Waals surface area contributed by atoms with Crippen LogP contribution in [0.1, 0.15) is 45.3 Å². The van der Waals surface area contributed by atoms with Gasteiger partial charge in [-0.15, -0.1) is 0 Å². The van der Waals surface area contributed by atoms with E-state index in [2.05, 4.69) is 15.5 Å². The molecule has 0 bridgehead atoms. The van der Waals surface area contributed by atoms with E-state index in [0.29, 0.717) is 12.5 Å². The van der Waals surface area contributed by atoms with Gasteiger partial charge < -0.3 is 20.6 Å². The first-order chi connectivity index (χ1) is 11.3. The summed E-state index contributed by atoms with van der Waals surface area (Å²) in [7, 11) is 0. The van der Waals surface area contributed by atoms with Gasteiger partial charge in [0.1, 0.15) is 0 Å². The summed E-state index contributed by atoms with van der Waals surface area (Å²) >= 11 is 0. The normalized spacial score (nSPS) is 18.2. The number of aliphatic hydroxyl groups is 1. The van der Waals surface area contributed by atoms with E-state index in [0.717, 1.165) is 38.0 Å². The van der Waals surface area contributed by atoms with Crippen LogP contribution < -0.4 is 10.6 Å². The second-order valence-electron chi connectivity index (χ2n) is 7.76. The Bertz CT molecular complexity index is 505. The minimum atomic E-state index is -0.432. The van der Waals surface area contributed by atoms with Gasteiger partial charge in [0.25, 0.3) is 0 Å². The van der Waals surface area contributed by atoms with Gasteiger partial charge >= 0.3 is 6.03 Å². The number of carbonyl (C=O) groups excluding carboxylic acids is 1. The first-order valence-electron chi connectivity index (χ1n) is 8.85. The second kappa shape index (κ2) is 8.49. The molecule has 1 aliphatic rings. The van der Waals surface area contributed by atoms with Gasteiger partial charge in [-0.2, -0.15) is 0 Å². The van der Waals surface area contributed by atoms with E-state index in [9.17, 15) is 9.90 Å². The van der Waals surface area contributed by atoms with E-state index < -0.39 is 6.10 Å². The minimum absolute atomic E-state index is 0.0931. The molecule has 1 saturated heterocycles. The topological polar surface area (TPSA) is 64.6 Å². The molecule has 0 aliphatic carbocycles. The summed E-state index contributed by atoms with van der Waals surface area (Å²) in [5.74, 6) is 0.515. The van der Waals surface area contributed by atoms with Gasteiger partial charge in [-0.05, 0) is 58.2 Å². The molecule has 2 rings (SSSR count). The number of carbonyl (C=O) groups is 1. The van der Waals surface area contributed by atoms with Crippen LogP contribution in [-0.2, 0) is 0 Å². The highest BCUT2D eigenvalue weighted by atomic mass is 16.3. The van der Waals surface area contributed by atoms with Crippen LogP contribution in [0.2, 0.25) is 0 Å². The molecule has 0 radical (unpaired) electrons. The van der Waals surface area contributed by atoms with Crippen LogP contribution in [-0.4, -0.2) is 47.8 Å². The SMILES string of the molecule is CC(C)(C)NC(=O)NCC1CCN(CC(O)c2ccccc2)CC1. The summed E-state index contributed by atoms with van der Waals surface area (Å²) in [4.78, 5) is 14.1. The van der Waals surface area contributed by atoms with Gasteiger partial charge in [0.15, 0.2) is 0 Å². The molecule has 0 saturated carbocycles. The molecule has 1 heterocycles. The van der Waals surface area contributed by atoms with Gasteiger partial charge in [-0.3, -0.25) is 0 Å². The molecular formula is C19H31N3O2. The molecular weight excluding hydrogens is 302 g/mol. The number of piperidine rings is 1. The highest BCUT2D eigenvalue weighted by Gasteiger charge is 2.22. The number of likely N-dealkylation sites (tertiary alicyclic amines) is 1. The number of nitrogens with one attached hydrogen (secondary N) is 2. The predicted octanol–water partition coefficient (Wildman–Crippen LogP) is 2.53. The van der Waals surface area contributed by atoms with Crippen molar-refractivity contribution < 1.29 is 9.90 Å². The fourth-order valence-corrected chi connectivity index (χ4v) is 3.02. The van der Waals surface area contributed by atoms with Gasteiger partial charge in [0, 0.05) is 18.6 Å². The van der Waals surface area contributed by atoms with Crippen molar-refractivity contribution in [1.82, 2.24) is 15.5 Å². The van der Waals surface area contributed by atoms with Crippen LogP contribution in [0.5, 0.6) is 0 Å². The van der Waals surface area contributed by atoms with Crippen LogP contribution >= 0.6 is 0 Å². The van der Waals surface area contributed by atoms with E-state index in [1.54, 1.807) is 0 Å². The van der Waals surface area contributed by atoms with Crippen molar-refractivity contribution in [3.63, 3.8) is 0 Å². The maximum atomic E-state index is 11.8. The summed E-state index contributed by atoms with van der Waals surface area (Å²) in [6, 6.07) is 9.72. The van der Waals surface area contributed by atoms with Gasteiger partial charge in [-0.1, -0.05) is 30.3 Å². The van der Waals surface area contributed by atoms with Gasteiger partial charge in [-0.25, -0.2) is 4.79 Å². The Morgan fingerprint density at radius 1 is 1.25 bits per heavy atom. The van der Waals surface area contributed by atoms with Crippen molar-refractivity contribution >= 4 is 6.03 Å². The first-order valence-corrected chi connectivity index (χ1v) is 8.85. The minimum Gasteiger partial charge on any atom is -0.387 e. The number of urea groups is 1. The van der Waals surface area contributed by atoms with E-state index in [-0.39, 0.29) is 11.6 Å². The Morgan fingerprint density at radius 2 is 1.88 bits per heavy atom. The van der Waals surface area contributed by atoms with Crippen molar-refractivity contribution in [2.24, 2.45) is 5.92 Å². The van der Waals surface area contributed by atoms with Crippen LogP contribution in [0.15, 0.2) is 30.3 Å². The molecule has 0 spiro atoms. The van der Waals surface area contributed by atoms with Gasteiger partial charge in [0.2, 0.25) is 0 Å². The standard InChI is InChI=1S/C19H31N3O2/c1-19(2,3)21-18(24)20-13-15-9-11-22(12-10-15)14-17(23)16-7-5-4-6-8-16/h4-8,15,17,23H,9-14H2,1-3H3,(H2,20,21,24). The maximum absolute atomic E-state index is 11.8. The van der Waals surface area contributed by atoms with E-state index in [1.165, 1.54) is 0 Å². The van der Waals surface area contributed by atoms with E-state index >= 15 is 0 Å². The number of hydrogen-bond donors (Lipinski definition) is 3. The van der Waals surface area contributed by atoms with Crippen LogP contribution in [0.3, 0.4) is 0 Å². The number of rotatable bonds is 5. The summed E-state index contributed by atoms with van der Waals surface area (Å²) in [6.45, 7) is 9.26. The lowest BCUT2D eigenvalue weighted by atomic mass is 9.96. The van der Waals surface area contributed by atoms with Crippen molar-refractivity contribution in [2.75, 3.05) is 26.2 Å². The van der Waals surface area contributed by atoms with E-state index in [1.807, 2.05) is 51.1 Å². The lowest BCUT2D eigenvalue weighted by Gasteiger charge is -2.33. The number of nitrogens with zero attached hydrogens (tertiary/aromatic N) is 1. The highest BCUT2D eigenvalue weighted by Crippen LogP contribution is 2.20. The predicted molar refractivity (Wildman–Crippen MR) is 96.9 cm³/mol. The molecule has 1 aromatic rings. The summed E-state index contributed by atoms with van der Waals surface area (Å²) in [5, 5.41) is 16.2. The monoisotopic (exact) mass is 333 g/mol.